The van der Waals surface area contributed by atoms with Gasteiger partial charge in [0.15, 0.2) is 0 Å². The fourth-order valence-electron chi connectivity index (χ4n) is 2.00. The molecule has 16 heavy (non-hydrogen) atoms. The minimum absolute atomic E-state index is 0.105. The predicted octanol–water partition coefficient (Wildman–Crippen LogP) is 3.56. The summed E-state index contributed by atoms with van der Waals surface area (Å²) in [5.41, 5.74) is 2.07. The second-order valence-electron chi connectivity index (χ2n) is 4.23. The summed E-state index contributed by atoms with van der Waals surface area (Å²) in [7, 11) is 0. The first-order chi connectivity index (χ1) is 7.81. The number of nitrogens with one attached hydrogen (secondary N) is 1. The molecule has 1 aromatic rings. The average molecular weight is 221 g/mol. The molecule has 0 radical (unpaired) electrons. The fourth-order valence-corrected chi connectivity index (χ4v) is 2.00. The van der Waals surface area contributed by atoms with E-state index in [1.807, 2.05) is 24.3 Å². The number of hydrogen-bond acceptors (Lipinski definition) is 2. The van der Waals surface area contributed by atoms with Crippen molar-refractivity contribution in [1.29, 1.82) is 0 Å². The maximum atomic E-state index is 9.25. The quantitative estimate of drug-likeness (QED) is 0.738. The van der Waals surface area contributed by atoms with Gasteiger partial charge < -0.3 is 10.4 Å². The van der Waals surface area contributed by atoms with E-state index in [1.54, 1.807) is 0 Å². The first-order valence-corrected chi connectivity index (χ1v) is 6.27. The Kier molecular flexibility index (Phi) is 5.94. The number of anilines is 1. The summed E-state index contributed by atoms with van der Waals surface area (Å²) in [5.74, 6) is 0. The van der Waals surface area contributed by atoms with Gasteiger partial charge in [-0.25, -0.2) is 0 Å². The molecule has 0 aliphatic rings. The SMILES string of the molecule is CCCC(CCC)Nc1ccccc1CO. The van der Waals surface area contributed by atoms with Crippen molar-refractivity contribution in [1.82, 2.24) is 0 Å². The van der Waals surface area contributed by atoms with Gasteiger partial charge in [0.05, 0.1) is 6.61 Å². The average Bonchev–Trinajstić information content (AvgIpc) is 2.30. The fraction of sp³-hybridized carbons (Fsp3) is 0.571. The first kappa shape index (κ1) is 13.0. The molecule has 2 N–H and O–H groups in total. The highest BCUT2D eigenvalue weighted by molar-refractivity contribution is 5.51. The van der Waals surface area contributed by atoms with E-state index in [0.717, 1.165) is 11.3 Å². The number of hydrogen-bond donors (Lipinski definition) is 2. The molecule has 0 unspecified atom stereocenters. The third-order valence-corrected chi connectivity index (χ3v) is 2.82. The molecule has 0 atom stereocenters. The van der Waals surface area contributed by atoms with E-state index in [9.17, 15) is 5.11 Å². The lowest BCUT2D eigenvalue weighted by Gasteiger charge is -2.20. The lowest BCUT2D eigenvalue weighted by atomic mass is 10.1. The van der Waals surface area contributed by atoms with Crippen molar-refractivity contribution in [2.45, 2.75) is 52.2 Å². The minimum Gasteiger partial charge on any atom is -0.392 e. The van der Waals surface area contributed by atoms with E-state index in [-0.39, 0.29) is 6.61 Å². The van der Waals surface area contributed by atoms with Crippen molar-refractivity contribution in [3.05, 3.63) is 29.8 Å². The molecule has 0 aliphatic carbocycles. The Morgan fingerprint density at radius 3 is 2.31 bits per heavy atom. The van der Waals surface area contributed by atoms with Gasteiger partial charge in [0.25, 0.3) is 0 Å². The largest absolute Gasteiger partial charge is 0.392 e. The molecule has 2 nitrogen and oxygen atoms in total. The molecular weight excluding hydrogens is 198 g/mol. The lowest BCUT2D eigenvalue weighted by Crippen LogP contribution is -2.19. The number of aliphatic hydroxyl groups is 1. The van der Waals surface area contributed by atoms with Gasteiger partial charge in [-0.3, -0.25) is 0 Å². The monoisotopic (exact) mass is 221 g/mol. The highest BCUT2D eigenvalue weighted by atomic mass is 16.3. The Morgan fingerprint density at radius 1 is 1.12 bits per heavy atom. The zero-order chi connectivity index (χ0) is 11.8. The molecule has 1 rings (SSSR count). The third-order valence-electron chi connectivity index (χ3n) is 2.82. The van der Waals surface area contributed by atoms with Gasteiger partial charge in [0.2, 0.25) is 0 Å². The van der Waals surface area contributed by atoms with Crippen LogP contribution >= 0.6 is 0 Å². The summed E-state index contributed by atoms with van der Waals surface area (Å²) < 4.78 is 0. The summed E-state index contributed by atoms with van der Waals surface area (Å²) in [4.78, 5) is 0. The van der Waals surface area contributed by atoms with Crippen LogP contribution in [0, 0.1) is 0 Å². The van der Waals surface area contributed by atoms with Gasteiger partial charge in [-0.2, -0.15) is 0 Å². The van der Waals surface area contributed by atoms with E-state index in [0.29, 0.717) is 6.04 Å². The third kappa shape index (κ3) is 3.86. The van der Waals surface area contributed by atoms with Gasteiger partial charge in [-0.05, 0) is 18.9 Å². The van der Waals surface area contributed by atoms with Gasteiger partial charge in [-0.1, -0.05) is 44.9 Å². The van der Waals surface area contributed by atoms with Crippen LogP contribution in [0.1, 0.15) is 45.1 Å². The maximum absolute atomic E-state index is 9.25. The van der Waals surface area contributed by atoms with E-state index in [4.69, 9.17) is 0 Å². The topological polar surface area (TPSA) is 32.3 Å². The molecule has 90 valence electrons. The summed E-state index contributed by atoms with van der Waals surface area (Å²) in [6.45, 7) is 4.53. The molecule has 0 saturated carbocycles. The number of benzene rings is 1. The zero-order valence-electron chi connectivity index (χ0n) is 10.4. The Bertz CT molecular complexity index is 293. The smallest absolute Gasteiger partial charge is 0.0701 e. The summed E-state index contributed by atoms with van der Waals surface area (Å²) in [6, 6.07) is 8.52. The van der Waals surface area contributed by atoms with Crippen LogP contribution in [-0.2, 0) is 6.61 Å². The summed E-state index contributed by atoms with van der Waals surface area (Å²) in [5, 5.41) is 12.8. The molecule has 0 heterocycles. The predicted molar refractivity (Wildman–Crippen MR) is 69.6 cm³/mol. The van der Waals surface area contributed by atoms with E-state index >= 15 is 0 Å². The second kappa shape index (κ2) is 7.29. The molecule has 0 bridgehead atoms. The number of rotatable bonds is 7. The molecule has 0 aromatic heterocycles. The molecular formula is C14H23NO. The van der Waals surface area contributed by atoms with Crippen LogP contribution in [0.25, 0.3) is 0 Å². The van der Waals surface area contributed by atoms with Crippen molar-refractivity contribution in [3.63, 3.8) is 0 Å². The molecule has 0 spiro atoms. The van der Waals surface area contributed by atoms with Crippen LogP contribution in [0.3, 0.4) is 0 Å². The highest BCUT2D eigenvalue weighted by Crippen LogP contribution is 2.19. The standard InChI is InChI=1S/C14H23NO/c1-3-7-13(8-4-2)15-14-10-6-5-9-12(14)11-16/h5-6,9-10,13,15-16H,3-4,7-8,11H2,1-2H3. The van der Waals surface area contributed by atoms with Gasteiger partial charge in [-0.15, -0.1) is 0 Å². The Balaban J connectivity index is 2.67. The second-order valence-corrected chi connectivity index (χ2v) is 4.23. The summed E-state index contributed by atoms with van der Waals surface area (Å²) in [6.07, 6.45) is 4.76. The van der Waals surface area contributed by atoms with Crippen molar-refractivity contribution in [2.24, 2.45) is 0 Å². The maximum Gasteiger partial charge on any atom is 0.0701 e. The lowest BCUT2D eigenvalue weighted by molar-refractivity contribution is 0.282. The zero-order valence-corrected chi connectivity index (χ0v) is 10.4. The van der Waals surface area contributed by atoms with Crippen molar-refractivity contribution in [3.8, 4) is 0 Å². The molecule has 2 heteroatoms. The normalized spacial score (nSPS) is 10.8. The molecule has 0 aliphatic heterocycles. The Morgan fingerprint density at radius 2 is 1.75 bits per heavy atom. The van der Waals surface area contributed by atoms with Crippen LogP contribution < -0.4 is 5.32 Å². The molecule has 0 saturated heterocycles. The Labute approximate surface area is 98.7 Å². The molecule has 1 aromatic carbocycles. The number of para-hydroxylation sites is 1. The highest BCUT2D eigenvalue weighted by Gasteiger charge is 2.08. The minimum atomic E-state index is 0.105. The van der Waals surface area contributed by atoms with Crippen LogP contribution in [0.5, 0.6) is 0 Å². The molecule has 0 amide bonds. The van der Waals surface area contributed by atoms with Gasteiger partial charge in [0, 0.05) is 17.3 Å². The summed E-state index contributed by atoms with van der Waals surface area (Å²) >= 11 is 0. The first-order valence-electron chi connectivity index (χ1n) is 6.27. The van der Waals surface area contributed by atoms with Crippen molar-refractivity contribution in [2.75, 3.05) is 5.32 Å². The van der Waals surface area contributed by atoms with Gasteiger partial charge in [0.1, 0.15) is 0 Å². The van der Waals surface area contributed by atoms with E-state index < -0.39 is 0 Å². The molecule has 0 fully saturated rings. The van der Waals surface area contributed by atoms with Crippen LogP contribution in [0.2, 0.25) is 0 Å². The van der Waals surface area contributed by atoms with Crippen LogP contribution in [0.15, 0.2) is 24.3 Å². The van der Waals surface area contributed by atoms with Crippen molar-refractivity contribution < 1.29 is 5.11 Å². The Hall–Kier alpha value is -1.02. The number of aliphatic hydroxyl groups excluding tert-OH is 1. The van der Waals surface area contributed by atoms with Crippen LogP contribution in [-0.4, -0.2) is 11.1 Å². The van der Waals surface area contributed by atoms with Gasteiger partial charge >= 0.3 is 0 Å². The van der Waals surface area contributed by atoms with Crippen molar-refractivity contribution >= 4 is 5.69 Å². The van der Waals surface area contributed by atoms with Crippen LogP contribution in [0.4, 0.5) is 5.69 Å². The van der Waals surface area contributed by atoms with E-state index in [2.05, 4.69) is 19.2 Å². The van der Waals surface area contributed by atoms with E-state index in [1.165, 1.54) is 25.7 Å².